The fourth-order valence-electron chi connectivity index (χ4n) is 2.43. The first-order chi connectivity index (χ1) is 9.58. The average molecular weight is 313 g/mol. The van der Waals surface area contributed by atoms with Crippen LogP contribution in [0.1, 0.15) is 41.8 Å². The molecule has 1 N–H and O–H groups in total. The largest absolute Gasteiger partial charge is 0.477 e. The van der Waals surface area contributed by atoms with E-state index in [4.69, 9.17) is 5.11 Å². The maximum Gasteiger partial charge on any atom is 0.345 e. The van der Waals surface area contributed by atoms with E-state index in [1.807, 2.05) is 11.9 Å². The Morgan fingerprint density at radius 1 is 1.40 bits per heavy atom. The lowest BCUT2D eigenvalue weighted by atomic mass is 9.94. The van der Waals surface area contributed by atoms with Crippen LogP contribution in [-0.2, 0) is 4.79 Å². The Labute approximate surface area is 127 Å². The molecule has 0 unspecified atom stereocenters. The number of aromatic carboxylic acids is 1. The Balaban J connectivity index is 1.82. The highest BCUT2D eigenvalue weighted by atomic mass is 32.2. The number of amides is 1. The smallest absolute Gasteiger partial charge is 0.345 e. The summed E-state index contributed by atoms with van der Waals surface area (Å²) < 4.78 is 0. The lowest BCUT2D eigenvalue weighted by Crippen LogP contribution is -2.39. The molecule has 0 aromatic carbocycles. The molecule has 110 valence electrons. The van der Waals surface area contributed by atoms with Crippen LogP contribution in [0.2, 0.25) is 0 Å². The van der Waals surface area contributed by atoms with Crippen LogP contribution in [0.3, 0.4) is 0 Å². The van der Waals surface area contributed by atoms with Gasteiger partial charge >= 0.3 is 5.97 Å². The second-order valence-electron chi connectivity index (χ2n) is 5.04. The van der Waals surface area contributed by atoms with Gasteiger partial charge in [0.15, 0.2) is 0 Å². The van der Waals surface area contributed by atoms with Crippen molar-refractivity contribution in [3.05, 3.63) is 16.3 Å². The number of thioether (sulfide) groups is 1. The molecular weight excluding hydrogens is 294 g/mol. The van der Waals surface area contributed by atoms with Gasteiger partial charge in [-0.15, -0.1) is 23.1 Å². The predicted molar refractivity (Wildman–Crippen MR) is 81.6 cm³/mol. The van der Waals surface area contributed by atoms with Gasteiger partial charge in [-0.1, -0.05) is 19.3 Å². The van der Waals surface area contributed by atoms with Crippen molar-refractivity contribution in [2.24, 2.45) is 0 Å². The van der Waals surface area contributed by atoms with Crippen LogP contribution in [0.5, 0.6) is 0 Å². The second-order valence-corrected chi connectivity index (χ2v) is 7.00. The first kappa shape index (κ1) is 15.4. The fourth-order valence-corrected chi connectivity index (χ4v) is 4.22. The molecule has 0 radical (unpaired) electrons. The summed E-state index contributed by atoms with van der Waals surface area (Å²) in [6.07, 6.45) is 5.91. The third-order valence-corrected chi connectivity index (χ3v) is 5.69. The number of thiophene rings is 1. The maximum absolute atomic E-state index is 12.1. The van der Waals surface area contributed by atoms with Crippen LogP contribution < -0.4 is 0 Å². The molecule has 20 heavy (non-hydrogen) atoms. The number of rotatable bonds is 5. The molecule has 1 saturated carbocycles. The minimum Gasteiger partial charge on any atom is -0.477 e. The number of hydrogen-bond acceptors (Lipinski definition) is 4. The zero-order chi connectivity index (χ0) is 14.5. The van der Waals surface area contributed by atoms with Gasteiger partial charge in [-0.3, -0.25) is 4.79 Å². The minimum absolute atomic E-state index is 0.130. The van der Waals surface area contributed by atoms with Crippen molar-refractivity contribution in [1.29, 1.82) is 0 Å². The number of carbonyl (C=O) groups excluding carboxylic acids is 1. The van der Waals surface area contributed by atoms with Crippen molar-refractivity contribution in [2.75, 3.05) is 12.8 Å². The molecule has 0 aliphatic heterocycles. The Morgan fingerprint density at radius 3 is 2.70 bits per heavy atom. The molecule has 1 aliphatic carbocycles. The van der Waals surface area contributed by atoms with Gasteiger partial charge in [-0.2, -0.15) is 0 Å². The third-order valence-electron chi connectivity index (χ3n) is 3.66. The highest BCUT2D eigenvalue weighted by Crippen LogP contribution is 2.26. The van der Waals surface area contributed by atoms with Crippen molar-refractivity contribution in [2.45, 2.75) is 43.0 Å². The van der Waals surface area contributed by atoms with E-state index in [2.05, 4.69) is 0 Å². The average Bonchev–Trinajstić information content (AvgIpc) is 2.94. The van der Waals surface area contributed by atoms with E-state index in [-0.39, 0.29) is 5.91 Å². The van der Waals surface area contributed by atoms with Gasteiger partial charge in [-0.05, 0) is 18.9 Å². The van der Waals surface area contributed by atoms with Gasteiger partial charge in [0.2, 0.25) is 5.91 Å². The number of carboxylic acids is 1. The molecule has 0 atom stereocenters. The molecule has 4 nitrogen and oxygen atoms in total. The Kier molecular flexibility index (Phi) is 5.48. The predicted octanol–water partition coefficient (Wildman–Crippen LogP) is 3.33. The lowest BCUT2D eigenvalue weighted by molar-refractivity contribution is -0.129. The van der Waals surface area contributed by atoms with Crippen molar-refractivity contribution in [3.63, 3.8) is 0 Å². The molecule has 1 aromatic rings. The zero-order valence-corrected chi connectivity index (χ0v) is 13.1. The summed E-state index contributed by atoms with van der Waals surface area (Å²) in [6.45, 7) is 0. The first-order valence-corrected chi connectivity index (χ1v) is 8.64. The van der Waals surface area contributed by atoms with E-state index < -0.39 is 5.97 Å². The van der Waals surface area contributed by atoms with E-state index in [0.29, 0.717) is 16.7 Å². The van der Waals surface area contributed by atoms with Gasteiger partial charge < -0.3 is 10.0 Å². The molecule has 6 heteroatoms. The zero-order valence-electron chi connectivity index (χ0n) is 11.5. The number of nitrogens with zero attached hydrogens (tertiary/aromatic N) is 1. The molecule has 1 aliphatic rings. The molecule has 0 bridgehead atoms. The van der Waals surface area contributed by atoms with E-state index >= 15 is 0 Å². The van der Waals surface area contributed by atoms with Crippen LogP contribution in [0.15, 0.2) is 16.3 Å². The highest BCUT2D eigenvalue weighted by molar-refractivity contribution is 8.00. The standard InChI is InChI=1S/C14H19NO3S2/c1-15(10-5-3-2-4-6-10)13(16)9-19-11-7-12(14(17)18)20-8-11/h7-8,10H,2-6,9H2,1H3,(H,17,18). The van der Waals surface area contributed by atoms with E-state index in [1.54, 1.807) is 11.4 Å². The van der Waals surface area contributed by atoms with Crippen LogP contribution >= 0.6 is 23.1 Å². The normalized spacial score (nSPS) is 16.1. The van der Waals surface area contributed by atoms with Crippen LogP contribution in [0, 0.1) is 0 Å². The summed E-state index contributed by atoms with van der Waals surface area (Å²) >= 11 is 2.62. The summed E-state index contributed by atoms with van der Waals surface area (Å²) in [5, 5.41) is 10.7. The summed E-state index contributed by atoms with van der Waals surface area (Å²) in [5.74, 6) is -0.402. The SMILES string of the molecule is CN(C(=O)CSc1csc(C(=O)O)c1)C1CCCCC1. The van der Waals surface area contributed by atoms with E-state index in [1.165, 1.54) is 42.4 Å². The quantitative estimate of drug-likeness (QED) is 0.847. The Bertz CT molecular complexity index is 481. The van der Waals surface area contributed by atoms with Crippen LogP contribution in [0.25, 0.3) is 0 Å². The van der Waals surface area contributed by atoms with Crippen molar-refractivity contribution < 1.29 is 14.7 Å². The van der Waals surface area contributed by atoms with Gasteiger partial charge in [0.1, 0.15) is 4.88 Å². The molecule has 1 aromatic heterocycles. The topological polar surface area (TPSA) is 57.6 Å². The van der Waals surface area contributed by atoms with Gasteiger partial charge in [0.05, 0.1) is 5.75 Å². The minimum atomic E-state index is -0.910. The van der Waals surface area contributed by atoms with Gasteiger partial charge in [0, 0.05) is 23.4 Å². The van der Waals surface area contributed by atoms with Crippen LogP contribution in [-0.4, -0.2) is 40.7 Å². The van der Waals surface area contributed by atoms with E-state index in [0.717, 1.165) is 17.7 Å². The molecule has 0 saturated heterocycles. The van der Waals surface area contributed by atoms with E-state index in [9.17, 15) is 9.59 Å². The lowest BCUT2D eigenvalue weighted by Gasteiger charge is -2.31. The Hall–Kier alpha value is -1.01. The molecule has 2 rings (SSSR count). The molecule has 1 amide bonds. The Morgan fingerprint density at radius 2 is 2.10 bits per heavy atom. The molecule has 1 fully saturated rings. The summed E-state index contributed by atoms with van der Waals surface area (Å²) in [6, 6.07) is 2.01. The number of carboxylic acid groups (broad SMARTS) is 1. The molecule has 0 spiro atoms. The first-order valence-electron chi connectivity index (χ1n) is 6.78. The third kappa shape index (κ3) is 3.99. The van der Waals surface area contributed by atoms with Crippen LogP contribution in [0.4, 0.5) is 0 Å². The number of carbonyl (C=O) groups is 2. The number of hydrogen-bond donors (Lipinski definition) is 1. The highest BCUT2D eigenvalue weighted by Gasteiger charge is 2.22. The summed E-state index contributed by atoms with van der Waals surface area (Å²) in [7, 11) is 1.88. The molecular formula is C14H19NO3S2. The summed E-state index contributed by atoms with van der Waals surface area (Å²) in [4.78, 5) is 26.0. The second kappa shape index (κ2) is 7.13. The van der Waals surface area contributed by atoms with Crippen molar-refractivity contribution in [1.82, 2.24) is 4.90 Å². The monoisotopic (exact) mass is 313 g/mol. The molecule has 1 heterocycles. The maximum atomic E-state index is 12.1. The van der Waals surface area contributed by atoms with Gasteiger partial charge in [-0.25, -0.2) is 4.79 Å². The van der Waals surface area contributed by atoms with Gasteiger partial charge in [0.25, 0.3) is 0 Å². The van der Waals surface area contributed by atoms with Crippen molar-refractivity contribution >= 4 is 35.0 Å². The van der Waals surface area contributed by atoms with Crippen molar-refractivity contribution in [3.8, 4) is 0 Å². The summed E-state index contributed by atoms with van der Waals surface area (Å²) in [5.41, 5.74) is 0. The fraction of sp³-hybridized carbons (Fsp3) is 0.571.